The van der Waals surface area contributed by atoms with Crippen LogP contribution in [0, 0.1) is 5.92 Å². The number of carbonyl (C=O) groups is 1. The van der Waals surface area contributed by atoms with Gasteiger partial charge < -0.3 is 14.5 Å². The van der Waals surface area contributed by atoms with Crippen molar-refractivity contribution in [1.29, 1.82) is 0 Å². The van der Waals surface area contributed by atoms with Crippen LogP contribution in [0.5, 0.6) is 0 Å². The lowest BCUT2D eigenvalue weighted by atomic mass is 9.87. The summed E-state index contributed by atoms with van der Waals surface area (Å²) < 4.78 is 5.12. The number of carbonyl (C=O) groups excluding carboxylic acids is 1. The molecule has 41 heavy (non-hydrogen) atoms. The van der Waals surface area contributed by atoms with Crippen LogP contribution in [0.2, 0.25) is 0 Å². The van der Waals surface area contributed by atoms with E-state index >= 15 is 0 Å². The van der Waals surface area contributed by atoms with E-state index in [2.05, 4.69) is 102 Å². The molecule has 0 bridgehead atoms. The summed E-state index contributed by atoms with van der Waals surface area (Å²) in [6.07, 6.45) is 2.48. The molecule has 0 aliphatic carbocycles. The van der Waals surface area contributed by atoms with Gasteiger partial charge in [-0.15, -0.1) is 0 Å². The predicted octanol–water partition coefficient (Wildman–Crippen LogP) is 7.97. The van der Waals surface area contributed by atoms with Gasteiger partial charge in [0.25, 0.3) is 0 Å². The summed E-state index contributed by atoms with van der Waals surface area (Å²) in [5, 5.41) is 0.953. The number of thioether (sulfide) groups is 1. The molecular weight excluding hydrogens is 526 g/mol. The molecule has 5 nitrogen and oxygen atoms in total. The van der Waals surface area contributed by atoms with Crippen molar-refractivity contribution < 1.29 is 9.53 Å². The number of esters is 1. The molecule has 0 radical (unpaired) electrons. The smallest absolute Gasteiger partial charge is 0.331 e. The Morgan fingerprint density at radius 1 is 0.805 bits per heavy atom. The lowest BCUT2D eigenvalue weighted by Gasteiger charge is -2.47. The van der Waals surface area contributed by atoms with Crippen molar-refractivity contribution in [2.45, 2.75) is 32.1 Å². The molecule has 4 aromatic carbocycles. The minimum absolute atomic E-state index is 0.0334. The number of hydrogen-bond acceptors (Lipinski definition) is 6. The molecule has 1 fully saturated rings. The highest BCUT2D eigenvalue weighted by Gasteiger charge is 2.62. The van der Waals surface area contributed by atoms with Crippen LogP contribution < -0.4 is 9.80 Å². The van der Waals surface area contributed by atoms with Crippen LogP contribution in [0.25, 0.3) is 0 Å². The topological polar surface area (TPSA) is 45.1 Å². The lowest BCUT2D eigenvalue weighted by Crippen LogP contribution is -2.63. The van der Waals surface area contributed by atoms with Gasteiger partial charge in [-0.1, -0.05) is 110 Å². The number of methoxy groups -OCH3 is 1. The quantitative estimate of drug-likeness (QED) is 0.170. The van der Waals surface area contributed by atoms with Crippen molar-refractivity contribution in [1.82, 2.24) is 0 Å². The molecule has 1 saturated heterocycles. The van der Waals surface area contributed by atoms with E-state index in [0.29, 0.717) is 13.1 Å². The van der Waals surface area contributed by atoms with Crippen molar-refractivity contribution in [3.8, 4) is 0 Å². The van der Waals surface area contributed by atoms with Crippen LogP contribution in [0.15, 0.2) is 131 Å². The van der Waals surface area contributed by atoms with Gasteiger partial charge in [-0.3, -0.25) is 0 Å². The maximum Gasteiger partial charge on any atom is 0.331 e. The van der Waals surface area contributed by atoms with Crippen LogP contribution in [0.3, 0.4) is 0 Å². The Morgan fingerprint density at radius 3 is 1.78 bits per heavy atom. The van der Waals surface area contributed by atoms with Gasteiger partial charge in [-0.25, -0.2) is 9.79 Å². The van der Waals surface area contributed by atoms with Gasteiger partial charge in [0.05, 0.1) is 24.2 Å². The van der Waals surface area contributed by atoms with Crippen LogP contribution in [0.1, 0.15) is 24.5 Å². The summed E-state index contributed by atoms with van der Waals surface area (Å²) in [5.41, 5.74) is 4.97. The van der Waals surface area contributed by atoms with Crippen molar-refractivity contribution in [2.75, 3.05) is 16.9 Å². The summed E-state index contributed by atoms with van der Waals surface area (Å²) in [4.78, 5) is 24.0. The van der Waals surface area contributed by atoms with Crippen LogP contribution in [0.4, 0.5) is 17.1 Å². The third-order valence-electron chi connectivity index (χ3n) is 7.87. The summed E-state index contributed by atoms with van der Waals surface area (Å²) >= 11 is 1.60. The Labute approximate surface area is 246 Å². The first-order valence-electron chi connectivity index (χ1n) is 14.0. The zero-order valence-corrected chi connectivity index (χ0v) is 24.1. The molecule has 206 valence electrons. The van der Waals surface area contributed by atoms with Gasteiger partial charge in [0, 0.05) is 30.0 Å². The average Bonchev–Trinajstić information content (AvgIpc) is 3.46. The Balaban J connectivity index is 1.64. The first-order chi connectivity index (χ1) is 20.1. The van der Waals surface area contributed by atoms with E-state index in [0.717, 1.165) is 33.4 Å². The van der Waals surface area contributed by atoms with Gasteiger partial charge in [-0.2, -0.15) is 0 Å². The zero-order valence-electron chi connectivity index (χ0n) is 23.3. The Kier molecular flexibility index (Phi) is 7.66. The van der Waals surface area contributed by atoms with Crippen molar-refractivity contribution >= 4 is 39.8 Å². The molecule has 2 heterocycles. The Bertz CT molecular complexity index is 1500. The number of anilines is 2. The van der Waals surface area contributed by atoms with Crippen LogP contribution in [-0.4, -0.2) is 23.8 Å². The molecule has 2 aliphatic heterocycles. The van der Waals surface area contributed by atoms with Gasteiger partial charge in [-0.05, 0) is 41.8 Å². The second kappa shape index (κ2) is 11.7. The monoisotopic (exact) mass is 559 g/mol. The van der Waals surface area contributed by atoms with Crippen molar-refractivity contribution in [3.63, 3.8) is 0 Å². The molecule has 0 amide bonds. The molecular formula is C35H33N3O2S. The number of hydrogen-bond donors (Lipinski definition) is 0. The summed E-state index contributed by atoms with van der Waals surface area (Å²) in [6.45, 7) is 3.59. The van der Waals surface area contributed by atoms with Gasteiger partial charge in [0.2, 0.25) is 0 Å². The fourth-order valence-electron chi connectivity index (χ4n) is 6.11. The van der Waals surface area contributed by atoms with E-state index in [9.17, 15) is 4.79 Å². The molecule has 4 aromatic rings. The average molecular weight is 560 g/mol. The molecule has 1 unspecified atom stereocenters. The summed E-state index contributed by atoms with van der Waals surface area (Å²) in [6, 6.07) is 39.9. The number of ether oxygens (including phenoxy) is 1. The Morgan fingerprint density at radius 2 is 1.29 bits per heavy atom. The first kappa shape index (κ1) is 26.9. The standard InChI is InChI=1S/C35H33N3O2S/c1-3-29-32(23-33(39)40-2)41-34(36-28-19-11-6-12-20-28)35(29)37(24-26-15-7-4-8-16-26)30-21-13-14-22-31(30)38(35)25-27-17-9-5-10-18-27/h4-23,29H,3,24-25H2,1-2H3/b32-23-,36-34?. The molecule has 6 rings (SSSR count). The highest BCUT2D eigenvalue weighted by molar-refractivity contribution is 8.18. The first-order valence-corrected chi connectivity index (χ1v) is 14.8. The molecule has 0 N–H and O–H groups in total. The van der Waals surface area contributed by atoms with E-state index in [-0.39, 0.29) is 11.9 Å². The van der Waals surface area contributed by atoms with Crippen LogP contribution >= 0.6 is 11.8 Å². The highest BCUT2D eigenvalue weighted by atomic mass is 32.2. The predicted molar refractivity (Wildman–Crippen MR) is 169 cm³/mol. The number of rotatable bonds is 7. The number of benzene rings is 4. The largest absolute Gasteiger partial charge is 0.466 e. The minimum atomic E-state index is -0.662. The second-order valence-corrected chi connectivity index (χ2v) is 11.3. The minimum Gasteiger partial charge on any atom is -0.466 e. The number of fused-ring (bicyclic) bond motifs is 1. The SMILES string of the molecule is CCC1/C(=C/C(=O)OC)SC(=Nc2ccccc2)C12N(Cc1ccccc1)c1ccccc1N2Cc1ccccc1. The third-order valence-corrected chi connectivity index (χ3v) is 9.09. The maximum atomic E-state index is 12.7. The van der Waals surface area contributed by atoms with E-state index in [1.807, 2.05) is 30.3 Å². The molecule has 6 heteroatoms. The van der Waals surface area contributed by atoms with E-state index in [1.165, 1.54) is 18.2 Å². The van der Waals surface area contributed by atoms with E-state index in [1.54, 1.807) is 17.8 Å². The number of nitrogens with zero attached hydrogens (tertiary/aromatic N) is 3. The van der Waals surface area contributed by atoms with Crippen molar-refractivity contribution in [2.24, 2.45) is 10.9 Å². The fourth-order valence-corrected chi connectivity index (χ4v) is 7.62. The summed E-state index contributed by atoms with van der Waals surface area (Å²) in [7, 11) is 1.43. The molecule has 1 spiro atoms. The third kappa shape index (κ3) is 4.93. The fraction of sp³-hybridized carbons (Fsp3) is 0.200. The lowest BCUT2D eigenvalue weighted by molar-refractivity contribution is -0.134. The van der Waals surface area contributed by atoms with Gasteiger partial charge >= 0.3 is 5.97 Å². The Hall–Kier alpha value is -4.29. The normalized spacial score (nSPS) is 19.2. The molecule has 2 aliphatic rings. The highest BCUT2D eigenvalue weighted by Crippen LogP contribution is 2.60. The number of para-hydroxylation sites is 3. The van der Waals surface area contributed by atoms with Crippen LogP contribution in [-0.2, 0) is 22.6 Å². The maximum absolute atomic E-state index is 12.7. The van der Waals surface area contributed by atoms with Crippen molar-refractivity contribution in [3.05, 3.63) is 137 Å². The van der Waals surface area contributed by atoms with Gasteiger partial charge in [0.15, 0.2) is 5.66 Å². The van der Waals surface area contributed by atoms with Gasteiger partial charge in [0.1, 0.15) is 5.04 Å². The van der Waals surface area contributed by atoms with E-state index < -0.39 is 5.66 Å². The summed E-state index contributed by atoms with van der Waals surface area (Å²) in [5.74, 6) is -0.379. The van der Waals surface area contributed by atoms with E-state index in [4.69, 9.17) is 9.73 Å². The molecule has 0 aromatic heterocycles. The molecule has 1 atom stereocenters. The number of aliphatic imine (C=N–C) groups is 1. The molecule has 0 saturated carbocycles. The second-order valence-electron chi connectivity index (χ2n) is 10.2. The zero-order chi connectivity index (χ0) is 28.2.